The Kier molecular flexibility index (Phi) is 4.06. The minimum absolute atomic E-state index is 0.0575. The Morgan fingerprint density at radius 1 is 0.857 bits per heavy atom. The van der Waals surface area contributed by atoms with Crippen LogP contribution in [-0.4, -0.2) is 11.5 Å². The fraction of sp³-hybridized carbons (Fsp3) is 0.0833. The Morgan fingerprint density at radius 2 is 1.54 bits per heavy atom. The van der Waals surface area contributed by atoms with Gasteiger partial charge in [0, 0.05) is 23.0 Å². The van der Waals surface area contributed by atoms with Gasteiger partial charge in [-0.2, -0.15) is 0 Å². The summed E-state index contributed by atoms with van der Waals surface area (Å²) in [7, 11) is 0. The van der Waals surface area contributed by atoms with Crippen LogP contribution in [0.2, 0.25) is 0 Å². The van der Waals surface area contributed by atoms with Crippen molar-refractivity contribution in [3.05, 3.63) is 89.1 Å². The number of rotatable bonds is 3. The van der Waals surface area contributed by atoms with E-state index in [9.17, 15) is 4.79 Å². The van der Waals surface area contributed by atoms with Gasteiger partial charge in [-0.15, -0.1) is 11.3 Å². The number of fused-ring (bicyclic) bond motifs is 4. The molecule has 0 radical (unpaired) electrons. The SMILES string of the molecule is CCN(c1ccccc1)c1c2sc3ccccc3nc-2c2ccccc2c1=O. The molecular weight excluding hydrogens is 364 g/mol. The van der Waals surface area contributed by atoms with Gasteiger partial charge in [0.25, 0.3) is 0 Å². The molecule has 136 valence electrons. The molecule has 0 saturated carbocycles. The molecule has 0 unspecified atom stereocenters. The Hall–Kier alpha value is -3.24. The number of hydrogen-bond acceptors (Lipinski definition) is 4. The molecule has 0 fully saturated rings. The third kappa shape index (κ3) is 2.57. The minimum Gasteiger partial charge on any atom is -0.337 e. The van der Waals surface area contributed by atoms with Gasteiger partial charge in [0.2, 0.25) is 5.43 Å². The standard InChI is InChI=1S/C24H18N2OS/c1-2-26(16-10-4-3-5-11-16)22-23(27)18-13-7-6-12-17(18)21-24(22)28-20-15-9-8-14-19(20)25-21/h3-15H,2H2,1H3. The highest BCUT2D eigenvalue weighted by molar-refractivity contribution is 7.22. The number of anilines is 2. The maximum absolute atomic E-state index is 13.6. The third-order valence-electron chi connectivity index (χ3n) is 5.04. The van der Waals surface area contributed by atoms with Crippen LogP contribution in [0.25, 0.3) is 31.6 Å². The summed E-state index contributed by atoms with van der Waals surface area (Å²) in [5.41, 5.74) is 3.63. The van der Waals surface area contributed by atoms with Crippen LogP contribution in [0.15, 0.2) is 83.7 Å². The average Bonchev–Trinajstić information content (AvgIpc) is 2.76. The van der Waals surface area contributed by atoms with Crippen molar-refractivity contribution in [3.8, 4) is 10.6 Å². The normalized spacial score (nSPS) is 11.3. The number of para-hydroxylation sites is 2. The second kappa shape index (κ2) is 6.73. The van der Waals surface area contributed by atoms with Gasteiger partial charge in [0.15, 0.2) is 0 Å². The summed E-state index contributed by atoms with van der Waals surface area (Å²) in [5.74, 6) is 0. The van der Waals surface area contributed by atoms with Crippen LogP contribution in [0, 0.1) is 0 Å². The molecule has 3 aromatic rings. The lowest BCUT2D eigenvalue weighted by atomic mass is 10.0. The monoisotopic (exact) mass is 382 g/mol. The molecule has 0 amide bonds. The van der Waals surface area contributed by atoms with Gasteiger partial charge < -0.3 is 4.90 Å². The lowest BCUT2D eigenvalue weighted by Crippen LogP contribution is -2.24. The number of nitrogens with zero attached hydrogens (tertiary/aromatic N) is 2. The van der Waals surface area contributed by atoms with E-state index < -0.39 is 0 Å². The van der Waals surface area contributed by atoms with Gasteiger partial charge in [0.05, 0.1) is 20.8 Å². The van der Waals surface area contributed by atoms with Crippen molar-refractivity contribution < 1.29 is 0 Å². The molecule has 0 bridgehead atoms. The zero-order valence-electron chi connectivity index (χ0n) is 15.4. The highest BCUT2D eigenvalue weighted by atomic mass is 32.1. The number of aromatic nitrogens is 1. The maximum atomic E-state index is 13.6. The molecule has 28 heavy (non-hydrogen) atoms. The van der Waals surface area contributed by atoms with Gasteiger partial charge >= 0.3 is 0 Å². The van der Waals surface area contributed by atoms with Crippen LogP contribution in [0.3, 0.4) is 0 Å². The Balaban J connectivity index is 1.95. The lowest BCUT2D eigenvalue weighted by molar-refractivity contribution is 1.02. The third-order valence-corrected chi connectivity index (χ3v) is 6.19. The molecule has 0 spiro atoms. The van der Waals surface area contributed by atoms with E-state index in [0.29, 0.717) is 12.2 Å². The average molecular weight is 382 g/mol. The Labute approximate surface area is 166 Å². The van der Waals surface area contributed by atoms with Crippen LogP contribution in [-0.2, 0) is 0 Å². The first-order valence-electron chi connectivity index (χ1n) is 9.35. The van der Waals surface area contributed by atoms with Gasteiger partial charge in [-0.05, 0) is 31.2 Å². The van der Waals surface area contributed by atoms with E-state index in [2.05, 4.69) is 17.9 Å². The van der Waals surface area contributed by atoms with Crippen molar-refractivity contribution in [2.75, 3.05) is 11.4 Å². The zero-order valence-corrected chi connectivity index (χ0v) is 16.2. The molecule has 0 atom stereocenters. The van der Waals surface area contributed by atoms with Gasteiger partial charge in [0.1, 0.15) is 5.69 Å². The van der Waals surface area contributed by atoms with Crippen molar-refractivity contribution in [1.82, 2.24) is 4.98 Å². The van der Waals surface area contributed by atoms with Crippen LogP contribution in [0.5, 0.6) is 0 Å². The van der Waals surface area contributed by atoms with E-state index in [-0.39, 0.29) is 5.43 Å². The molecule has 0 saturated heterocycles. The summed E-state index contributed by atoms with van der Waals surface area (Å²) in [5, 5.41) is 1.63. The minimum atomic E-state index is 0.0575. The molecule has 0 aromatic heterocycles. The van der Waals surface area contributed by atoms with Crippen LogP contribution in [0.4, 0.5) is 11.4 Å². The van der Waals surface area contributed by atoms with E-state index >= 15 is 0 Å². The lowest BCUT2D eigenvalue weighted by Gasteiger charge is -2.26. The largest absolute Gasteiger partial charge is 0.337 e. The molecule has 3 nitrogen and oxygen atoms in total. The summed E-state index contributed by atoms with van der Waals surface area (Å²) in [6, 6.07) is 26.0. The highest BCUT2D eigenvalue weighted by Gasteiger charge is 2.24. The zero-order chi connectivity index (χ0) is 19.1. The maximum Gasteiger partial charge on any atom is 0.211 e. The number of hydrogen-bond donors (Lipinski definition) is 0. The molecule has 2 aliphatic rings. The van der Waals surface area contributed by atoms with Gasteiger partial charge in [-0.1, -0.05) is 54.6 Å². The summed E-state index contributed by atoms with van der Waals surface area (Å²) in [6.45, 7) is 2.78. The first-order valence-corrected chi connectivity index (χ1v) is 10.2. The fourth-order valence-corrected chi connectivity index (χ4v) is 4.89. The summed E-state index contributed by atoms with van der Waals surface area (Å²) < 4.78 is 1.08. The van der Waals surface area contributed by atoms with E-state index in [0.717, 1.165) is 37.2 Å². The Bertz CT molecular complexity index is 1330. The molecule has 0 N–H and O–H groups in total. The second-order valence-electron chi connectivity index (χ2n) is 6.66. The summed E-state index contributed by atoms with van der Waals surface area (Å²) >= 11 is 1.64. The van der Waals surface area contributed by atoms with E-state index in [1.807, 2.05) is 72.8 Å². The molecular formula is C24H18N2OS. The van der Waals surface area contributed by atoms with Crippen molar-refractivity contribution in [2.45, 2.75) is 6.92 Å². The molecule has 1 aliphatic carbocycles. The quantitative estimate of drug-likeness (QED) is 0.280. The highest BCUT2D eigenvalue weighted by Crippen LogP contribution is 2.42. The van der Waals surface area contributed by atoms with Crippen molar-refractivity contribution in [3.63, 3.8) is 0 Å². The van der Waals surface area contributed by atoms with Gasteiger partial charge in [-0.25, -0.2) is 4.98 Å². The van der Waals surface area contributed by atoms with Crippen molar-refractivity contribution in [1.29, 1.82) is 0 Å². The molecule has 5 rings (SSSR count). The van der Waals surface area contributed by atoms with Crippen molar-refractivity contribution in [2.24, 2.45) is 0 Å². The van der Waals surface area contributed by atoms with E-state index in [1.54, 1.807) is 11.3 Å². The van der Waals surface area contributed by atoms with E-state index in [1.165, 1.54) is 0 Å². The predicted octanol–water partition coefficient (Wildman–Crippen LogP) is 6.07. The smallest absolute Gasteiger partial charge is 0.211 e. The molecule has 4 heteroatoms. The topological polar surface area (TPSA) is 33.2 Å². The van der Waals surface area contributed by atoms with E-state index in [4.69, 9.17) is 4.98 Å². The molecule has 1 heterocycles. The van der Waals surface area contributed by atoms with Gasteiger partial charge in [-0.3, -0.25) is 4.79 Å². The first-order chi connectivity index (χ1) is 13.8. The number of benzene rings is 4. The van der Waals surface area contributed by atoms with Crippen LogP contribution >= 0.6 is 11.3 Å². The Morgan fingerprint density at radius 3 is 2.32 bits per heavy atom. The van der Waals surface area contributed by atoms with Crippen LogP contribution < -0.4 is 10.3 Å². The van der Waals surface area contributed by atoms with Crippen molar-refractivity contribution >= 4 is 43.7 Å². The molecule has 3 aromatic carbocycles. The fourth-order valence-electron chi connectivity index (χ4n) is 3.75. The summed E-state index contributed by atoms with van der Waals surface area (Å²) in [6.07, 6.45) is 0. The second-order valence-corrected chi connectivity index (χ2v) is 7.71. The summed E-state index contributed by atoms with van der Waals surface area (Å²) in [4.78, 5) is 21.6. The predicted molar refractivity (Wildman–Crippen MR) is 119 cm³/mol. The first kappa shape index (κ1) is 16.9. The molecule has 1 aliphatic heterocycles. The van der Waals surface area contributed by atoms with Crippen LogP contribution in [0.1, 0.15) is 6.92 Å².